The normalized spacial score (nSPS) is 10.6. The summed E-state index contributed by atoms with van der Waals surface area (Å²) in [4.78, 5) is 0.331. The van der Waals surface area contributed by atoms with E-state index in [0.29, 0.717) is 4.90 Å². The van der Waals surface area contributed by atoms with Crippen molar-refractivity contribution in [1.82, 2.24) is 0 Å². The van der Waals surface area contributed by atoms with Crippen molar-refractivity contribution < 1.29 is 41.5 Å². The Bertz CT molecular complexity index is 213. The molecule has 11 heavy (non-hydrogen) atoms. The van der Waals surface area contributed by atoms with Crippen molar-refractivity contribution in [2.45, 2.75) is 4.90 Å². The van der Waals surface area contributed by atoms with E-state index in [1.807, 2.05) is 0 Å². The van der Waals surface area contributed by atoms with Gasteiger partial charge in [-0.05, 0) is 23.2 Å². The van der Waals surface area contributed by atoms with Gasteiger partial charge in [-0.3, -0.25) is 4.21 Å². The van der Waals surface area contributed by atoms with Gasteiger partial charge in [-0.1, -0.05) is 18.2 Å². The minimum atomic E-state index is -2.08. The predicted molar refractivity (Wildman–Crippen MR) is 40.0 cm³/mol. The summed E-state index contributed by atoms with van der Waals surface area (Å²) in [7, 11) is 0. The van der Waals surface area contributed by atoms with E-state index < -0.39 is 11.1 Å². The molecular formula is C7H8O2SY-2. The van der Waals surface area contributed by atoms with Crippen molar-refractivity contribution in [2.24, 2.45) is 0 Å². The first-order chi connectivity index (χ1) is 4.30. The molecule has 1 radical (unpaired) electrons. The SMILES string of the molecule is O=S([O-])c1ccccc1.[CH3-].[Y]. The van der Waals surface area contributed by atoms with Crippen LogP contribution in [0.2, 0.25) is 0 Å². The summed E-state index contributed by atoms with van der Waals surface area (Å²) in [5.74, 6) is 0. The van der Waals surface area contributed by atoms with Crippen LogP contribution in [0, 0.1) is 7.43 Å². The van der Waals surface area contributed by atoms with E-state index in [1.165, 1.54) is 0 Å². The molecule has 1 aromatic rings. The van der Waals surface area contributed by atoms with Crippen LogP contribution in [0.5, 0.6) is 0 Å². The Labute approximate surface area is 94.6 Å². The molecule has 1 atom stereocenters. The summed E-state index contributed by atoms with van der Waals surface area (Å²) in [6, 6.07) is 8.23. The molecule has 0 heterocycles. The van der Waals surface area contributed by atoms with Gasteiger partial charge in [0.25, 0.3) is 0 Å². The van der Waals surface area contributed by atoms with Crippen molar-refractivity contribution in [2.75, 3.05) is 0 Å². The molecule has 0 saturated heterocycles. The van der Waals surface area contributed by atoms with Crippen LogP contribution in [-0.4, -0.2) is 8.76 Å². The van der Waals surface area contributed by atoms with E-state index in [1.54, 1.807) is 30.3 Å². The first-order valence-electron chi connectivity index (χ1n) is 2.45. The average Bonchev–Trinajstić information content (AvgIpc) is 1.90. The fourth-order valence-electron chi connectivity index (χ4n) is 0.532. The Kier molecular flexibility index (Phi) is 9.03. The molecule has 0 fully saturated rings. The monoisotopic (exact) mass is 245 g/mol. The molecule has 0 bridgehead atoms. The molecule has 1 unspecified atom stereocenters. The Hall–Kier alpha value is 0.434. The molecule has 1 rings (SSSR count). The van der Waals surface area contributed by atoms with Crippen LogP contribution in [0.15, 0.2) is 35.2 Å². The van der Waals surface area contributed by atoms with Gasteiger partial charge in [0.15, 0.2) is 0 Å². The third kappa shape index (κ3) is 4.80. The molecule has 1 aromatic carbocycles. The molecule has 2 nitrogen and oxygen atoms in total. The van der Waals surface area contributed by atoms with E-state index in [2.05, 4.69) is 0 Å². The molecule has 59 valence electrons. The van der Waals surface area contributed by atoms with Crippen molar-refractivity contribution in [1.29, 1.82) is 0 Å². The van der Waals surface area contributed by atoms with Gasteiger partial charge < -0.3 is 12.0 Å². The van der Waals surface area contributed by atoms with Gasteiger partial charge in [-0.2, -0.15) is 0 Å². The molecular weight excluding hydrogens is 237 g/mol. The molecule has 0 aromatic heterocycles. The fourth-order valence-corrected chi connectivity index (χ4v) is 0.911. The molecule has 0 aliphatic heterocycles. The minimum absolute atomic E-state index is 0. The zero-order chi connectivity index (χ0) is 6.69. The maximum Gasteiger partial charge on any atom is 0.0248 e. The summed E-state index contributed by atoms with van der Waals surface area (Å²) in [5, 5.41) is 0. The second-order valence-electron chi connectivity index (χ2n) is 1.55. The smallest absolute Gasteiger partial charge is 0.0248 e. The Balaban J connectivity index is 0. The summed E-state index contributed by atoms with van der Waals surface area (Å²) < 4.78 is 20.4. The van der Waals surface area contributed by atoms with Crippen LogP contribution in [-0.2, 0) is 43.8 Å². The van der Waals surface area contributed by atoms with E-state index in [4.69, 9.17) is 0 Å². The summed E-state index contributed by atoms with van der Waals surface area (Å²) in [6.45, 7) is 0. The number of benzene rings is 1. The third-order valence-corrected chi connectivity index (χ3v) is 1.59. The largest absolute Gasteiger partial charge is 0.768 e. The maximum atomic E-state index is 10.2. The third-order valence-electron chi connectivity index (χ3n) is 0.936. The second-order valence-corrected chi connectivity index (χ2v) is 2.49. The van der Waals surface area contributed by atoms with Crippen molar-refractivity contribution in [3.8, 4) is 0 Å². The molecule has 0 amide bonds. The van der Waals surface area contributed by atoms with Crippen LogP contribution in [0.1, 0.15) is 0 Å². The van der Waals surface area contributed by atoms with Gasteiger partial charge in [0, 0.05) is 37.6 Å². The first-order valence-corrected chi connectivity index (χ1v) is 3.52. The van der Waals surface area contributed by atoms with E-state index >= 15 is 0 Å². The van der Waals surface area contributed by atoms with E-state index in [9.17, 15) is 8.76 Å². The summed E-state index contributed by atoms with van der Waals surface area (Å²) >= 11 is -2.08. The molecule has 0 aliphatic carbocycles. The van der Waals surface area contributed by atoms with Crippen molar-refractivity contribution >= 4 is 11.1 Å². The standard InChI is InChI=1S/C6H6O2S.CH3.Y/c7-9(8)6-4-2-1-3-5-6;;/h1-5H,(H,7,8);1H3;/q;-1;/p-1. The molecule has 0 saturated carbocycles. The quantitative estimate of drug-likeness (QED) is 0.553. The van der Waals surface area contributed by atoms with Crippen LogP contribution >= 0.6 is 0 Å². The zero-order valence-electron chi connectivity index (χ0n) is 6.19. The zero-order valence-corrected chi connectivity index (χ0v) is 9.84. The average molecular weight is 245 g/mol. The van der Waals surface area contributed by atoms with Crippen molar-refractivity contribution in [3.05, 3.63) is 37.8 Å². The van der Waals surface area contributed by atoms with Gasteiger partial charge >= 0.3 is 0 Å². The molecule has 0 aliphatic rings. The van der Waals surface area contributed by atoms with Crippen LogP contribution in [0.25, 0.3) is 0 Å². The van der Waals surface area contributed by atoms with E-state index in [-0.39, 0.29) is 40.1 Å². The number of hydrogen-bond donors (Lipinski definition) is 0. The number of hydrogen-bond acceptors (Lipinski definition) is 2. The fraction of sp³-hybridized carbons (Fsp3) is 0. The predicted octanol–water partition coefficient (Wildman–Crippen LogP) is 1.37. The first kappa shape index (κ1) is 14.0. The minimum Gasteiger partial charge on any atom is -0.768 e. The summed E-state index contributed by atoms with van der Waals surface area (Å²) in [6.07, 6.45) is 0. The molecule has 0 spiro atoms. The van der Waals surface area contributed by atoms with Crippen LogP contribution in [0.4, 0.5) is 0 Å². The van der Waals surface area contributed by atoms with Gasteiger partial charge in [-0.25, -0.2) is 0 Å². The Morgan fingerprint density at radius 2 is 1.64 bits per heavy atom. The van der Waals surface area contributed by atoms with Gasteiger partial charge in [0.1, 0.15) is 0 Å². The second kappa shape index (κ2) is 7.10. The summed E-state index contributed by atoms with van der Waals surface area (Å²) in [5.41, 5.74) is 0. The maximum absolute atomic E-state index is 10.2. The van der Waals surface area contributed by atoms with Crippen LogP contribution in [0.3, 0.4) is 0 Å². The Morgan fingerprint density at radius 3 is 1.91 bits per heavy atom. The van der Waals surface area contributed by atoms with E-state index in [0.717, 1.165) is 0 Å². The Morgan fingerprint density at radius 1 is 1.18 bits per heavy atom. The number of rotatable bonds is 1. The van der Waals surface area contributed by atoms with Gasteiger partial charge in [-0.15, -0.1) is 0 Å². The molecule has 4 heteroatoms. The molecule has 0 N–H and O–H groups in total. The van der Waals surface area contributed by atoms with Gasteiger partial charge in [0.05, 0.1) is 0 Å². The van der Waals surface area contributed by atoms with Crippen molar-refractivity contribution in [3.63, 3.8) is 0 Å². The van der Waals surface area contributed by atoms with Crippen LogP contribution < -0.4 is 0 Å². The van der Waals surface area contributed by atoms with Gasteiger partial charge in [0.2, 0.25) is 0 Å². The topological polar surface area (TPSA) is 40.1 Å².